The number of aromatic nitrogens is 2. The molecule has 0 saturated carbocycles. The number of rotatable bonds is 4. The van der Waals surface area contributed by atoms with Crippen molar-refractivity contribution in [2.45, 2.75) is 36.2 Å². The fourth-order valence-electron chi connectivity index (χ4n) is 2.82. The average Bonchev–Trinajstić information content (AvgIpc) is 3.11. The maximum atomic E-state index is 12.6. The second kappa shape index (κ2) is 7.48. The minimum Gasteiger partial charge on any atom is -0.417 e. The standard InChI is InChI=1S/C15H13F6N3O4S/c16-14(17,18)13-23-22-12(27-13)9-5-7-24(8-6-9)29(25,26)11-3-1-10(2-4-11)28-15(19,20)21/h1-4,9H,5-8H2. The van der Waals surface area contributed by atoms with Crippen LogP contribution in [-0.4, -0.2) is 42.4 Å². The molecule has 1 saturated heterocycles. The van der Waals surface area contributed by atoms with Gasteiger partial charge in [-0.3, -0.25) is 0 Å². The molecule has 1 aliphatic rings. The van der Waals surface area contributed by atoms with Crippen LogP contribution in [0.2, 0.25) is 0 Å². The maximum Gasteiger partial charge on any atom is 0.573 e. The number of ether oxygens (including phenoxy) is 1. The Hall–Kier alpha value is -2.35. The number of piperidine rings is 1. The Balaban J connectivity index is 1.66. The van der Waals surface area contributed by atoms with Crippen LogP contribution < -0.4 is 4.74 Å². The highest BCUT2D eigenvalue weighted by molar-refractivity contribution is 7.89. The molecule has 0 bridgehead atoms. The fraction of sp³-hybridized carbons (Fsp3) is 0.467. The minimum absolute atomic E-state index is 0.0302. The molecular formula is C15H13F6N3O4S. The quantitative estimate of drug-likeness (QED) is 0.670. The summed E-state index contributed by atoms with van der Waals surface area (Å²) in [6.45, 7) is -0.0604. The van der Waals surface area contributed by atoms with Gasteiger partial charge in [-0.2, -0.15) is 17.5 Å². The van der Waals surface area contributed by atoms with Gasteiger partial charge in [0.15, 0.2) is 0 Å². The second-order valence-corrected chi connectivity index (χ2v) is 8.08. The van der Waals surface area contributed by atoms with E-state index in [0.717, 1.165) is 28.6 Å². The number of hydrogen-bond acceptors (Lipinski definition) is 6. The van der Waals surface area contributed by atoms with Gasteiger partial charge in [-0.15, -0.1) is 23.4 Å². The van der Waals surface area contributed by atoms with Crippen LogP contribution in [0, 0.1) is 0 Å². The Kier molecular flexibility index (Phi) is 5.51. The third kappa shape index (κ3) is 4.98. The monoisotopic (exact) mass is 445 g/mol. The first-order valence-corrected chi connectivity index (χ1v) is 9.57. The third-order valence-corrected chi connectivity index (χ3v) is 6.09. The molecule has 2 aromatic rings. The predicted octanol–water partition coefficient (Wildman–Crippen LogP) is 3.56. The van der Waals surface area contributed by atoms with Gasteiger partial charge in [-0.25, -0.2) is 8.42 Å². The first-order valence-electron chi connectivity index (χ1n) is 8.13. The lowest BCUT2D eigenvalue weighted by Crippen LogP contribution is -2.37. The molecule has 3 rings (SSSR count). The zero-order valence-electron chi connectivity index (χ0n) is 14.4. The van der Waals surface area contributed by atoms with Crippen molar-refractivity contribution in [1.82, 2.24) is 14.5 Å². The summed E-state index contributed by atoms with van der Waals surface area (Å²) in [4.78, 5) is -0.234. The molecule has 0 atom stereocenters. The Morgan fingerprint density at radius 3 is 2.07 bits per heavy atom. The molecule has 1 fully saturated rings. The molecule has 14 heteroatoms. The lowest BCUT2D eigenvalue weighted by Gasteiger charge is -2.29. The van der Waals surface area contributed by atoms with Crippen molar-refractivity contribution >= 4 is 10.0 Å². The van der Waals surface area contributed by atoms with E-state index in [4.69, 9.17) is 0 Å². The molecule has 0 aliphatic carbocycles. The molecule has 0 spiro atoms. The van der Waals surface area contributed by atoms with Crippen LogP contribution in [0.5, 0.6) is 5.75 Å². The summed E-state index contributed by atoms with van der Waals surface area (Å²) in [5.41, 5.74) is 0. The number of benzene rings is 1. The number of halogens is 6. The van der Waals surface area contributed by atoms with Gasteiger partial charge in [0, 0.05) is 19.0 Å². The van der Waals surface area contributed by atoms with Crippen molar-refractivity contribution in [2.24, 2.45) is 0 Å². The summed E-state index contributed by atoms with van der Waals surface area (Å²) in [5, 5.41) is 6.33. The van der Waals surface area contributed by atoms with E-state index in [1.807, 2.05) is 0 Å². The Morgan fingerprint density at radius 1 is 1.00 bits per heavy atom. The Bertz CT molecular complexity index is 948. The fourth-order valence-corrected chi connectivity index (χ4v) is 4.29. The highest BCUT2D eigenvalue weighted by Gasteiger charge is 2.40. The smallest absolute Gasteiger partial charge is 0.417 e. The van der Waals surface area contributed by atoms with Crippen molar-refractivity contribution in [3.8, 4) is 5.75 Å². The van der Waals surface area contributed by atoms with E-state index >= 15 is 0 Å². The predicted molar refractivity (Wildman–Crippen MR) is 83.2 cm³/mol. The van der Waals surface area contributed by atoms with Gasteiger partial charge >= 0.3 is 18.4 Å². The molecule has 1 aromatic carbocycles. The van der Waals surface area contributed by atoms with Gasteiger partial charge in [-0.05, 0) is 37.1 Å². The summed E-state index contributed by atoms with van der Waals surface area (Å²) in [6, 6.07) is 3.72. The van der Waals surface area contributed by atoms with Crippen molar-refractivity contribution < 1.29 is 43.9 Å². The van der Waals surface area contributed by atoms with Crippen LogP contribution in [0.1, 0.15) is 30.5 Å². The van der Waals surface area contributed by atoms with Crippen molar-refractivity contribution in [3.05, 3.63) is 36.0 Å². The highest BCUT2D eigenvalue weighted by atomic mass is 32.2. The molecule has 0 amide bonds. The van der Waals surface area contributed by atoms with Crippen LogP contribution in [0.15, 0.2) is 33.6 Å². The zero-order chi connectivity index (χ0) is 21.4. The van der Waals surface area contributed by atoms with E-state index in [2.05, 4.69) is 19.4 Å². The molecule has 29 heavy (non-hydrogen) atoms. The zero-order valence-corrected chi connectivity index (χ0v) is 15.2. The van der Waals surface area contributed by atoms with E-state index in [9.17, 15) is 34.8 Å². The molecule has 0 radical (unpaired) electrons. The number of sulfonamides is 1. The molecular weight excluding hydrogens is 432 g/mol. The minimum atomic E-state index is -4.90. The summed E-state index contributed by atoms with van der Waals surface area (Å²) in [7, 11) is -4.00. The maximum absolute atomic E-state index is 12.6. The second-order valence-electron chi connectivity index (χ2n) is 6.14. The SMILES string of the molecule is O=S(=O)(c1ccc(OC(F)(F)F)cc1)N1CCC(c2nnc(C(F)(F)F)o2)CC1. The lowest BCUT2D eigenvalue weighted by molar-refractivity contribution is -0.274. The van der Waals surface area contributed by atoms with Gasteiger partial charge in [0.2, 0.25) is 15.9 Å². The molecule has 160 valence electrons. The molecule has 1 aliphatic heterocycles. The first kappa shape index (κ1) is 21.4. The van der Waals surface area contributed by atoms with Gasteiger partial charge < -0.3 is 9.15 Å². The Labute approximate surface area is 160 Å². The van der Waals surface area contributed by atoms with Crippen LogP contribution in [0.4, 0.5) is 26.3 Å². The van der Waals surface area contributed by atoms with Crippen LogP contribution in [0.25, 0.3) is 0 Å². The molecule has 2 heterocycles. The Morgan fingerprint density at radius 2 is 1.59 bits per heavy atom. The van der Waals surface area contributed by atoms with E-state index in [0.29, 0.717) is 0 Å². The highest BCUT2D eigenvalue weighted by Crippen LogP contribution is 2.34. The molecule has 0 unspecified atom stereocenters. The third-order valence-electron chi connectivity index (χ3n) is 4.18. The van der Waals surface area contributed by atoms with E-state index in [1.165, 1.54) is 0 Å². The summed E-state index contributed by atoms with van der Waals surface area (Å²) in [6.07, 6.45) is -9.37. The number of hydrogen-bond donors (Lipinski definition) is 0. The summed E-state index contributed by atoms with van der Waals surface area (Å²) in [5.74, 6) is -2.79. The topological polar surface area (TPSA) is 85.5 Å². The van der Waals surface area contributed by atoms with Crippen LogP contribution >= 0.6 is 0 Å². The largest absolute Gasteiger partial charge is 0.573 e. The normalized spacial score (nSPS) is 17.4. The summed E-state index contributed by atoms with van der Waals surface area (Å²) < 4.78 is 109. The van der Waals surface area contributed by atoms with E-state index < -0.39 is 40.1 Å². The van der Waals surface area contributed by atoms with Gasteiger partial charge in [0.05, 0.1) is 4.90 Å². The first-order chi connectivity index (χ1) is 13.4. The van der Waals surface area contributed by atoms with E-state index in [1.54, 1.807) is 0 Å². The number of alkyl halides is 6. The van der Waals surface area contributed by atoms with Crippen molar-refractivity contribution in [2.75, 3.05) is 13.1 Å². The molecule has 1 aromatic heterocycles. The molecule has 0 N–H and O–H groups in total. The van der Waals surface area contributed by atoms with Crippen LogP contribution in [0.3, 0.4) is 0 Å². The van der Waals surface area contributed by atoms with Gasteiger partial charge in [0.1, 0.15) is 5.75 Å². The number of nitrogens with zero attached hydrogens (tertiary/aromatic N) is 3. The van der Waals surface area contributed by atoms with Crippen molar-refractivity contribution in [3.63, 3.8) is 0 Å². The lowest BCUT2D eigenvalue weighted by atomic mass is 9.98. The van der Waals surface area contributed by atoms with Gasteiger partial charge in [0.25, 0.3) is 0 Å². The summed E-state index contributed by atoms with van der Waals surface area (Å²) >= 11 is 0. The van der Waals surface area contributed by atoms with Crippen LogP contribution in [-0.2, 0) is 16.2 Å². The van der Waals surface area contributed by atoms with E-state index in [-0.39, 0.29) is 36.7 Å². The van der Waals surface area contributed by atoms with Crippen molar-refractivity contribution in [1.29, 1.82) is 0 Å². The van der Waals surface area contributed by atoms with Gasteiger partial charge in [-0.1, -0.05) is 0 Å². The average molecular weight is 445 g/mol. The molecule has 7 nitrogen and oxygen atoms in total.